The minimum absolute atomic E-state index is 0.492. The molecule has 0 fully saturated rings. The molecule has 1 heterocycles. The maximum atomic E-state index is 8.58. The zero-order valence-electron chi connectivity index (χ0n) is 8.31. The molecule has 1 aromatic heterocycles. The molecule has 0 amide bonds. The molecule has 0 aliphatic rings. The molecule has 2 N–H and O–H groups in total. The lowest BCUT2D eigenvalue weighted by molar-refractivity contribution is 0.162. The molecule has 0 bridgehead atoms. The maximum absolute atomic E-state index is 8.58. The summed E-state index contributed by atoms with van der Waals surface area (Å²) in [6, 6.07) is 11.8. The van der Waals surface area contributed by atoms with Crippen LogP contribution < -0.4 is 5.48 Å². The van der Waals surface area contributed by atoms with Crippen molar-refractivity contribution < 1.29 is 5.21 Å². The van der Waals surface area contributed by atoms with E-state index < -0.39 is 0 Å². The van der Waals surface area contributed by atoms with Crippen LogP contribution in [0.5, 0.6) is 0 Å². The number of thiophene rings is 1. The smallest absolute Gasteiger partial charge is 0.0649 e. The molecule has 0 spiro atoms. The van der Waals surface area contributed by atoms with Gasteiger partial charge in [0, 0.05) is 14.8 Å². The van der Waals surface area contributed by atoms with Crippen LogP contribution in [-0.4, -0.2) is 5.21 Å². The van der Waals surface area contributed by atoms with E-state index in [-0.39, 0.29) is 0 Å². The fraction of sp³-hybridized carbons (Fsp3) is 0.0909. The lowest BCUT2D eigenvalue weighted by Gasteiger charge is -1.98. The van der Waals surface area contributed by atoms with Crippen LogP contribution in [0.2, 0.25) is 5.02 Å². The summed E-state index contributed by atoms with van der Waals surface area (Å²) in [6.45, 7) is 0.492. The van der Waals surface area contributed by atoms with Gasteiger partial charge in [0.25, 0.3) is 0 Å². The number of rotatable bonds is 4. The van der Waals surface area contributed by atoms with E-state index >= 15 is 0 Å². The second-order valence-corrected chi connectivity index (χ2v) is 6.09. The third kappa shape index (κ3) is 3.23. The zero-order valence-corrected chi connectivity index (χ0v) is 10.7. The topological polar surface area (TPSA) is 32.3 Å². The monoisotopic (exact) mass is 271 g/mol. The predicted octanol–water partition coefficient (Wildman–Crippen LogP) is 4.03. The first kappa shape index (κ1) is 12.0. The molecule has 0 aliphatic carbocycles. The van der Waals surface area contributed by atoms with E-state index in [0.717, 1.165) is 14.8 Å². The van der Waals surface area contributed by atoms with Crippen molar-refractivity contribution in [2.45, 2.75) is 15.6 Å². The molecular formula is C11H10ClNOS2. The molecule has 16 heavy (non-hydrogen) atoms. The van der Waals surface area contributed by atoms with Crippen molar-refractivity contribution in [1.82, 2.24) is 5.48 Å². The maximum Gasteiger partial charge on any atom is 0.0649 e. The Labute approximate surface area is 107 Å². The van der Waals surface area contributed by atoms with Crippen LogP contribution >= 0.6 is 34.7 Å². The molecule has 2 rings (SSSR count). The average Bonchev–Trinajstić information content (AvgIpc) is 2.70. The van der Waals surface area contributed by atoms with Crippen molar-refractivity contribution in [2.24, 2.45) is 0 Å². The predicted molar refractivity (Wildman–Crippen MR) is 68.5 cm³/mol. The van der Waals surface area contributed by atoms with Gasteiger partial charge >= 0.3 is 0 Å². The van der Waals surface area contributed by atoms with Crippen LogP contribution in [0.3, 0.4) is 0 Å². The minimum Gasteiger partial charge on any atom is -0.316 e. The summed E-state index contributed by atoms with van der Waals surface area (Å²) in [5.74, 6) is 0. The SMILES string of the molecule is ONCc1ccc(Sc2ccc(Cl)cc2)s1. The third-order valence-electron chi connectivity index (χ3n) is 1.92. The average molecular weight is 272 g/mol. The Hall–Kier alpha value is -0.520. The second kappa shape index (κ2) is 5.70. The van der Waals surface area contributed by atoms with Gasteiger partial charge in [-0.05, 0) is 36.4 Å². The van der Waals surface area contributed by atoms with Crippen molar-refractivity contribution in [2.75, 3.05) is 0 Å². The first-order chi connectivity index (χ1) is 7.78. The van der Waals surface area contributed by atoms with Crippen LogP contribution in [-0.2, 0) is 6.54 Å². The number of nitrogens with one attached hydrogen (secondary N) is 1. The van der Waals surface area contributed by atoms with Gasteiger partial charge in [-0.3, -0.25) is 0 Å². The zero-order chi connectivity index (χ0) is 11.4. The van der Waals surface area contributed by atoms with Crippen molar-refractivity contribution in [3.63, 3.8) is 0 Å². The summed E-state index contributed by atoms with van der Waals surface area (Å²) >= 11 is 9.17. The highest BCUT2D eigenvalue weighted by atomic mass is 35.5. The first-order valence-electron chi connectivity index (χ1n) is 4.67. The van der Waals surface area contributed by atoms with Gasteiger partial charge in [-0.2, -0.15) is 0 Å². The Balaban J connectivity index is 2.05. The van der Waals surface area contributed by atoms with Crippen molar-refractivity contribution in [1.29, 1.82) is 0 Å². The summed E-state index contributed by atoms with van der Waals surface area (Å²) in [4.78, 5) is 2.27. The van der Waals surface area contributed by atoms with Gasteiger partial charge in [-0.25, -0.2) is 5.48 Å². The van der Waals surface area contributed by atoms with Gasteiger partial charge in [0.2, 0.25) is 0 Å². The largest absolute Gasteiger partial charge is 0.316 e. The summed E-state index contributed by atoms with van der Waals surface area (Å²) in [5.41, 5.74) is 2.15. The third-order valence-corrected chi connectivity index (χ3v) is 4.40. The molecule has 5 heteroatoms. The summed E-state index contributed by atoms with van der Waals surface area (Å²) in [6.07, 6.45) is 0. The fourth-order valence-corrected chi connectivity index (χ4v) is 3.42. The Bertz CT molecular complexity index is 455. The lowest BCUT2D eigenvalue weighted by Crippen LogP contribution is -2.03. The first-order valence-corrected chi connectivity index (χ1v) is 6.68. The molecule has 0 unspecified atom stereocenters. The highest BCUT2D eigenvalue weighted by Gasteiger charge is 2.02. The van der Waals surface area contributed by atoms with Gasteiger partial charge in [-0.1, -0.05) is 23.4 Å². The number of hydrogen-bond acceptors (Lipinski definition) is 4. The van der Waals surface area contributed by atoms with Crippen molar-refractivity contribution in [3.05, 3.63) is 46.3 Å². The fourth-order valence-electron chi connectivity index (χ4n) is 1.20. The molecule has 0 saturated carbocycles. The van der Waals surface area contributed by atoms with E-state index in [0.29, 0.717) is 6.54 Å². The van der Waals surface area contributed by atoms with Gasteiger partial charge < -0.3 is 5.21 Å². The van der Waals surface area contributed by atoms with Crippen LogP contribution in [0, 0.1) is 0 Å². The van der Waals surface area contributed by atoms with Crippen LogP contribution in [0.25, 0.3) is 0 Å². The van der Waals surface area contributed by atoms with Crippen LogP contribution in [0.15, 0.2) is 45.5 Å². The van der Waals surface area contributed by atoms with E-state index in [1.54, 1.807) is 23.1 Å². The van der Waals surface area contributed by atoms with Crippen molar-refractivity contribution in [3.8, 4) is 0 Å². The molecular weight excluding hydrogens is 262 g/mol. The van der Waals surface area contributed by atoms with Crippen LogP contribution in [0.1, 0.15) is 4.88 Å². The Morgan fingerprint density at radius 1 is 1.19 bits per heavy atom. The summed E-state index contributed by atoms with van der Waals surface area (Å²) in [7, 11) is 0. The van der Waals surface area contributed by atoms with Crippen LogP contribution in [0.4, 0.5) is 0 Å². The minimum atomic E-state index is 0.492. The molecule has 2 nitrogen and oxygen atoms in total. The summed E-state index contributed by atoms with van der Waals surface area (Å²) < 4.78 is 1.20. The van der Waals surface area contributed by atoms with E-state index in [4.69, 9.17) is 16.8 Å². The van der Waals surface area contributed by atoms with E-state index in [9.17, 15) is 0 Å². The highest BCUT2D eigenvalue weighted by Crippen LogP contribution is 2.33. The normalized spacial score (nSPS) is 10.6. The van der Waals surface area contributed by atoms with E-state index in [1.165, 1.54) is 4.21 Å². The number of hydroxylamine groups is 1. The molecule has 0 atom stereocenters. The Morgan fingerprint density at radius 3 is 2.62 bits per heavy atom. The van der Waals surface area contributed by atoms with Gasteiger partial charge in [0.05, 0.1) is 10.8 Å². The molecule has 84 valence electrons. The highest BCUT2D eigenvalue weighted by molar-refractivity contribution is 8.01. The molecule has 0 saturated heterocycles. The van der Waals surface area contributed by atoms with Gasteiger partial charge in [0.15, 0.2) is 0 Å². The van der Waals surface area contributed by atoms with Crippen molar-refractivity contribution >= 4 is 34.7 Å². The standard InChI is InChI=1S/C11H10ClNOS2/c12-8-1-3-9(4-2-8)15-11-6-5-10(16-11)7-13-14/h1-6,13-14H,7H2. The van der Waals surface area contributed by atoms with E-state index in [2.05, 4.69) is 11.5 Å². The molecule has 0 radical (unpaired) electrons. The molecule has 2 aromatic rings. The van der Waals surface area contributed by atoms with Gasteiger partial charge in [0.1, 0.15) is 0 Å². The number of halogens is 1. The van der Waals surface area contributed by atoms with Gasteiger partial charge in [-0.15, -0.1) is 11.3 Å². The summed E-state index contributed by atoms with van der Waals surface area (Å²) in [5, 5.41) is 9.34. The molecule has 1 aromatic carbocycles. The van der Waals surface area contributed by atoms with E-state index in [1.807, 2.05) is 30.3 Å². The second-order valence-electron chi connectivity index (χ2n) is 3.11. The Kier molecular flexibility index (Phi) is 4.26. The quantitative estimate of drug-likeness (QED) is 0.824. The number of benzene rings is 1. The Morgan fingerprint density at radius 2 is 1.94 bits per heavy atom. The number of hydrogen-bond donors (Lipinski definition) is 2. The molecule has 0 aliphatic heterocycles. The lowest BCUT2D eigenvalue weighted by atomic mass is 10.4.